The fourth-order valence-electron chi connectivity index (χ4n) is 3.06. The third-order valence-corrected chi connectivity index (χ3v) is 5.15. The van der Waals surface area contributed by atoms with E-state index in [1.807, 2.05) is 24.3 Å². The third-order valence-electron chi connectivity index (χ3n) is 4.41. The predicted molar refractivity (Wildman–Crippen MR) is 101 cm³/mol. The van der Waals surface area contributed by atoms with E-state index in [-0.39, 0.29) is 12.5 Å². The summed E-state index contributed by atoms with van der Waals surface area (Å²) < 4.78 is 5.34. The topological polar surface area (TPSA) is 58.6 Å². The van der Waals surface area contributed by atoms with Crippen LogP contribution in [0.1, 0.15) is 18.1 Å². The Morgan fingerprint density at radius 3 is 2.54 bits per heavy atom. The summed E-state index contributed by atoms with van der Waals surface area (Å²) in [5.41, 5.74) is 0.536. The van der Waals surface area contributed by atoms with Crippen LogP contribution in [0.3, 0.4) is 0 Å². The van der Waals surface area contributed by atoms with Gasteiger partial charge in [0.05, 0.1) is 23.7 Å². The minimum atomic E-state index is -1.04. The van der Waals surface area contributed by atoms with Gasteiger partial charge in [0.25, 0.3) is 5.91 Å². The van der Waals surface area contributed by atoms with Crippen molar-refractivity contribution in [1.82, 2.24) is 10.2 Å². The number of nitrogens with one attached hydrogen (secondary N) is 1. The van der Waals surface area contributed by atoms with Gasteiger partial charge in [-0.25, -0.2) is 4.79 Å². The molecule has 0 aromatic heterocycles. The predicted octanol–water partition coefficient (Wildman–Crippen LogP) is 4.06. The van der Waals surface area contributed by atoms with Crippen molar-refractivity contribution in [2.75, 3.05) is 7.11 Å². The molecular weight excluding hydrogens is 375 g/mol. The van der Waals surface area contributed by atoms with E-state index in [1.165, 1.54) is 4.90 Å². The van der Waals surface area contributed by atoms with E-state index in [1.54, 1.807) is 32.2 Å². The number of benzene rings is 2. The van der Waals surface area contributed by atoms with Crippen LogP contribution in [-0.2, 0) is 17.8 Å². The number of para-hydroxylation sites is 1. The molecule has 1 aliphatic heterocycles. The quantitative estimate of drug-likeness (QED) is 0.780. The second-order valence-corrected chi connectivity index (χ2v) is 7.21. The summed E-state index contributed by atoms with van der Waals surface area (Å²) >= 11 is 11.9. The monoisotopic (exact) mass is 392 g/mol. The van der Waals surface area contributed by atoms with Gasteiger partial charge < -0.3 is 10.1 Å². The molecule has 1 aliphatic rings. The van der Waals surface area contributed by atoms with Crippen LogP contribution in [0, 0.1) is 0 Å². The number of carbonyl (C=O) groups is 2. The number of amides is 3. The summed E-state index contributed by atoms with van der Waals surface area (Å²) in [4.78, 5) is 26.5. The molecule has 26 heavy (non-hydrogen) atoms. The molecule has 0 unspecified atom stereocenters. The van der Waals surface area contributed by atoms with E-state index < -0.39 is 11.6 Å². The molecule has 2 aromatic rings. The summed E-state index contributed by atoms with van der Waals surface area (Å²) in [6.45, 7) is 1.84. The molecule has 0 spiro atoms. The van der Waals surface area contributed by atoms with Gasteiger partial charge in [-0.3, -0.25) is 9.69 Å². The normalized spacial score (nSPS) is 19.6. The SMILES string of the molecule is COc1ccccc1C[C@]1(C)NC(=O)N(Cc2ccc(Cl)c(Cl)c2)C1=O. The first-order valence-electron chi connectivity index (χ1n) is 8.04. The van der Waals surface area contributed by atoms with Gasteiger partial charge in [-0.15, -0.1) is 0 Å². The van der Waals surface area contributed by atoms with Crippen molar-refractivity contribution in [2.45, 2.75) is 25.4 Å². The van der Waals surface area contributed by atoms with Gasteiger partial charge in [0.1, 0.15) is 11.3 Å². The summed E-state index contributed by atoms with van der Waals surface area (Å²) in [6.07, 6.45) is 0.333. The van der Waals surface area contributed by atoms with Crippen molar-refractivity contribution >= 4 is 35.1 Å². The van der Waals surface area contributed by atoms with Crippen LogP contribution in [-0.4, -0.2) is 29.5 Å². The standard InChI is InChI=1S/C19H18Cl2N2O3/c1-19(10-13-5-3-4-6-16(13)26-2)17(24)23(18(25)22-19)11-12-7-8-14(20)15(21)9-12/h3-9H,10-11H2,1-2H3,(H,22,25)/t19-/m0/s1. The molecule has 136 valence electrons. The average molecular weight is 393 g/mol. The Bertz CT molecular complexity index is 872. The molecule has 3 amide bonds. The van der Waals surface area contributed by atoms with E-state index in [2.05, 4.69) is 5.32 Å². The first kappa shape index (κ1) is 18.5. The van der Waals surface area contributed by atoms with Crippen LogP contribution < -0.4 is 10.1 Å². The summed E-state index contributed by atoms with van der Waals surface area (Å²) in [6, 6.07) is 12.0. The Morgan fingerprint density at radius 1 is 1.12 bits per heavy atom. The van der Waals surface area contributed by atoms with Gasteiger partial charge in [-0.1, -0.05) is 47.5 Å². The molecule has 0 saturated carbocycles. The van der Waals surface area contributed by atoms with Crippen molar-refractivity contribution in [2.24, 2.45) is 0 Å². The second kappa shape index (κ2) is 7.17. The summed E-state index contributed by atoms with van der Waals surface area (Å²) in [5, 5.41) is 3.61. The van der Waals surface area contributed by atoms with Crippen LogP contribution >= 0.6 is 23.2 Å². The van der Waals surface area contributed by atoms with Gasteiger partial charge in [0.2, 0.25) is 0 Å². The molecule has 7 heteroatoms. The number of imide groups is 1. The fraction of sp³-hybridized carbons (Fsp3) is 0.263. The molecule has 0 radical (unpaired) electrons. The molecular formula is C19H18Cl2N2O3. The molecule has 0 aliphatic carbocycles. The number of hydrogen-bond acceptors (Lipinski definition) is 3. The fourth-order valence-corrected chi connectivity index (χ4v) is 3.38. The molecule has 0 bridgehead atoms. The lowest BCUT2D eigenvalue weighted by atomic mass is 9.92. The Hall–Kier alpha value is -2.24. The molecule has 1 atom stereocenters. The van der Waals surface area contributed by atoms with E-state index in [4.69, 9.17) is 27.9 Å². The zero-order valence-electron chi connectivity index (χ0n) is 14.4. The van der Waals surface area contributed by atoms with Crippen molar-refractivity contribution in [1.29, 1.82) is 0 Å². The number of hydrogen-bond donors (Lipinski definition) is 1. The number of methoxy groups -OCH3 is 1. The van der Waals surface area contributed by atoms with Crippen LogP contribution in [0.15, 0.2) is 42.5 Å². The number of urea groups is 1. The average Bonchev–Trinajstić information content (AvgIpc) is 2.81. The lowest BCUT2D eigenvalue weighted by Crippen LogP contribution is -2.46. The molecule has 1 saturated heterocycles. The lowest BCUT2D eigenvalue weighted by Gasteiger charge is -2.23. The van der Waals surface area contributed by atoms with Gasteiger partial charge in [0.15, 0.2) is 0 Å². The van der Waals surface area contributed by atoms with Crippen molar-refractivity contribution < 1.29 is 14.3 Å². The van der Waals surface area contributed by atoms with Crippen molar-refractivity contribution in [3.8, 4) is 5.75 Å². The van der Waals surface area contributed by atoms with Crippen LogP contribution in [0.2, 0.25) is 10.0 Å². The molecule has 3 rings (SSSR count). The minimum absolute atomic E-state index is 0.128. The molecule has 5 nitrogen and oxygen atoms in total. The Labute approximate surface area is 161 Å². The number of ether oxygens (including phenoxy) is 1. The summed E-state index contributed by atoms with van der Waals surface area (Å²) in [5.74, 6) is 0.387. The van der Waals surface area contributed by atoms with Gasteiger partial charge in [0, 0.05) is 6.42 Å². The number of carbonyl (C=O) groups excluding carboxylic acids is 2. The van der Waals surface area contributed by atoms with E-state index in [0.29, 0.717) is 22.2 Å². The van der Waals surface area contributed by atoms with Gasteiger partial charge >= 0.3 is 6.03 Å². The molecule has 1 heterocycles. The van der Waals surface area contributed by atoms with Crippen molar-refractivity contribution in [3.05, 3.63) is 63.6 Å². The van der Waals surface area contributed by atoms with E-state index in [9.17, 15) is 9.59 Å². The maximum absolute atomic E-state index is 12.9. The van der Waals surface area contributed by atoms with E-state index in [0.717, 1.165) is 11.1 Å². The summed E-state index contributed by atoms with van der Waals surface area (Å²) in [7, 11) is 1.58. The minimum Gasteiger partial charge on any atom is -0.496 e. The third kappa shape index (κ3) is 3.50. The van der Waals surface area contributed by atoms with Crippen molar-refractivity contribution in [3.63, 3.8) is 0 Å². The van der Waals surface area contributed by atoms with Gasteiger partial charge in [-0.05, 0) is 36.2 Å². The maximum atomic E-state index is 12.9. The van der Waals surface area contributed by atoms with Crippen LogP contribution in [0.4, 0.5) is 4.79 Å². The Balaban J connectivity index is 1.82. The molecule has 2 aromatic carbocycles. The first-order chi connectivity index (χ1) is 12.3. The Kier molecular flexibility index (Phi) is 5.12. The molecule has 1 N–H and O–H groups in total. The highest BCUT2D eigenvalue weighted by Crippen LogP contribution is 2.29. The van der Waals surface area contributed by atoms with E-state index >= 15 is 0 Å². The largest absolute Gasteiger partial charge is 0.496 e. The van der Waals surface area contributed by atoms with Crippen LogP contribution in [0.5, 0.6) is 5.75 Å². The maximum Gasteiger partial charge on any atom is 0.325 e. The first-order valence-corrected chi connectivity index (χ1v) is 8.79. The lowest BCUT2D eigenvalue weighted by molar-refractivity contribution is -0.131. The number of rotatable bonds is 5. The Morgan fingerprint density at radius 2 is 1.85 bits per heavy atom. The highest BCUT2D eigenvalue weighted by Gasteiger charge is 2.47. The zero-order valence-corrected chi connectivity index (χ0v) is 15.9. The molecule has 1 fully saturated rings. The smallest absolute Gasteiger partial charge is 0.325 e. The number of nitrogens with zero attached hydrogens (tertiary/aromatic N) is 1. The highest BCUT2D eigenvalue weighted by molar-refractivity contribution is 6.42. The highest BCUT2D eigenvalue weighted by atomic mass is 35.5. The number of halogens is 2. The van der Waals surface area contributed by atoms with Gasteiger partial charge in [-0.2, -0.15) is 0 Å². The van der Waals surface area contributed by atoms with Crippen LogP contribution in [0.25, 0.3) is 0 Å². The second-order valence-electron chi connectivity index (χ2n) is 6.39. The zero-order chi connectivity index (χ0) is 18.9.